The van der Waals surface area contributed by atoms with Crippen LogP contribution in [0.1, 0.15) is 27.7 Å². The first-order valence-electron chi connectivity index (χ1n) is 9.79. The number of nitro groups is 1. The number of benzene rings is 1. The van der Waals surface area contributed by atoms with Crippen LogP contribution in [-0.2, 0) is 42.9 Å². The molecule has 34 heavy (non-hydrogen) atoms. The third-order valence-corrected chi connectivity index (χ3v) is 4.37. The van der Waals surface area contributed by atoms with E-state index in [1.807, 2.05) is 0 Å². The molecule has 1 heterocycles. The van der Waals surface area contributed by atoms with E-state index < -0.39 is 65.8 Å². The van der Waals surface area contributed by atoms with E-state index in [1.54, 1.807) is 0 Å². The fraction of sp³-hybridized carbons (Fsp3) is 0.500. The lowest BCUT2D eigenvalue weighted by molar-refractivity contribution is -0.385. The third kappa shape index (κ3) is 6.62. The maximum absolute atomic E-state index is 11.8. The monoisotopic (exact) mass is 485 g/mol. The number of nitro benzene ring substituents is 1. The number of esters is 4. The van der Waals surface area contributed by atoms with E-state index in [4.69, 9.17) is 28.4 Å². The van der Waals surface area contributed by atoms with Crippen molar-refractivity contribution in [3.05, 3.63) is 34.4 Å². The van der Waals surface area contributed by atoms with E-state index in [-0.39, 0.29) is 11.4 Å². The van der Waals surface area contributed by atoms with E-state index in [1.165, 1.54) is 12.1 Å². The summed E-state index contributed by atoms with van der Waals surface area (Å²) in [6.07, 6.45) is -6.84. The van der Waals surface area contributed by atoms with Gasteiger partial charge in [0.2, 0.25) is 18.5 Å². The van der Waals surface area contributed by atoms with Gasteiger partial charge in [0.15, 0.2) is 6.10 Å². The molecule has 1 aliphatic heterocycles. The minimum Gasteiger partial charge on any atom is -0.463 e. The zero-order valence-electron chi connectivity index (χ0n) is 18.6. The highest BCUT2D eigenvalue weighted by atomic mass is 16.8. The fourth-order valence-electron chi connectivity index (χ4n) is 3.12. The Morgan fingerprint density at radius 1 is 1.00 bits per heavy atom. The van der Waals surface area contributed by atoms with Crippen LogP contribution in [0.3, 0.4) is 0 Å². The lowest BCUT2D eigenvalue weighted by Crippen LogP contribution is -2.71. The van der Waals surface area contributed by atoms with E-state index >= 15 is 0 Å². The molecule has 1 aliphatic rings. The van der Waals surface area contributed by atoms with Gasteiger partial charge in [0.25, 0.3) is 11.5 Å². The van der Waals surface area contributed by atoms with Crippen molar-refractivity contribution < 1.29 is 57.6 Å². The Balaban J connectivity index is 2.52. The van der Waals surface area contributed by atoms with Gasteiger partial charge in [-0.25, -0.2) is 0 Å². The average Bonchev–Trinajstić information content (AvgIpc) is 2.71. The van der Waals surface area contributed by atoms with Crippen LogP contribution in [0.15, 0.2) is 24.3 Å². The highest BCUT2D eigenvalue weighted by Crippen LogP contribution is 2.37. The normalized spacial score (nSPS) is 26.0. The number of non-ortho nitro benzene ring substituents is 1. The van der Waals surface area contributed by atoms with Gasteiger partial charge in [-0.2, -0.15) is 0 Å². The maximum atomic E-state index is 11.8. The number of hydrogen-bond acceptors (Lipinski definition) is 13. The second kappa shape index (κ2) is 10.9. The molecule has 0 radical (unpaired) electrons. The molecule has 0 aromatic heterocycles. The van der Waals surface area contributed by atoms with Gasteiger partial charge in [0.1, 0.15) is 12.4 Å². The largest absolute Gasteiger partial charge is 0.463 e. The smallest absolute Gasteiger partial charge is 0.305 e. The van der Waals surface area contributed by atoms with Gasteiger partial charge < -0.3 is 33.5 Å². The summed E-state index contributed by atoms with van der Waals surface area (Å²) in [5.74, 6) is -6.39. The minimum absolute atomic E-state index is 0.0125. The number of nitrogens with zero attached hydrogens (tertiary/aromatic N) is 1. The summed E-state index contributed by atoms with van der Waals surface area (Å²) in [5.41, 5.74) is -0.233. The molecule has 186 valence electrons. The van der Waals surface area contributed by atoms with E-state index in [9.17, 15) is 34.4 Å². The molecule has 1 fully saturated rings. The number of aliphatic hydroxyl groups is 1. The van der Waals surface area contributed by atoms with Gasteiger partial charge in [-0.05, 0) is 12.1 Å². The molecule has 14 heteroatoms. The number of carbonyl (C=O) groups excluding carboxylic acids is 4. The highest BCUT2D eigenvalue weighted by Gasteiger charge is 2.63. The highest BCUT2D eigenvalue weighted by molar-refractivity contribution is 5.69. The number of ether oxygens (including phenoxy) is 6. The molecule has 0 aliphatic carbocycles. The SMILES string of the molecule is CC(=O)OC[C@@H]1O[C@H](Oc2ccc([N+](=O)[O-])cc2)[C@H](OC(C)=O)[C@@H](OC(C)=O)[C@@]1(O)OC(C)=O. The van der Waals surface area contributed by atoms with Crippen LogP contribution in [0.2, 0.25) is 0 Å². The second-order valence-electron chi connectivity index (χ2n) is 7.11. The summed E-state index contributed by atoms with van der Waals surface area (Å²) in [7, 11) is 0. The molecule has 14 nitrogen and oxygen atoms in total. The van der Waals surface area contributed by atoms with Crippen LogP contribution in [0.4, 0.5) is 5.69 Å². The molecular formula is C20H23NO13. The lowest BCUT2D eigenvalue weighted by Gasteiger charge is -2.48. The molecular weight excluding hydrogens is 462 g/mol. The lowest BCUT2D eigenvalue weighted by atomic mass is 9.94. The Bertz CT molecular complexity index is 946. The Labute approximate surface area is 192 Å². The minimum atomic E-state index is -2.76. The van der Waals surface area contributed by atoms with Gasteiger partial charge in [-0.3, -0.25) is 29.3 Å². The first kappa shape index (κ1) is 26.5. The third-order valence-electron chi connectivity index (χ3n) is 4.37. The summed E-state index contributed by atoms with van der Waals surface area (Å²) in [6.45, 7) is 3.35. The number of rotatable bonds is 8. The fourth-order valence-corrected chi connectivity index (χ4v) is 3.12. The van der Waals surface area contributed by atoms with Crippen molar-refractivity contribution in [1.29, 1.82) is 0 Å². The van der Waals surface area contributed by atoms with Crippen LogP contribution in [0.25, 0.3) is 0 Å². The predicted octanol–water partition coefficient (Wildman–Crippen LogP) is 0.377. The van der Waals surface area contributed by atoms with E-state index in [2.05, 4.69) is 0 Å². The van der Waals surface area contributed by atoms with E-state index in [0.717, 1.165) is 39.8 Å². The van der Waals surface area contributed by atoms with Crippen LogP contribution < -0.4 is 4.74 Å². The Morgan fingerprint density at radius 3 is 2.06 bits per heavy atom. The van der Waals surface area contributed by atoms with Crippen LogP contribution in [0, 0.1) is 10.1 Å². The Kier molecular flexibility index (Phi) is 8.48. The van der Waals surface area contributed by atoms with Crippen molar-refractivity contribution >= 4 is 29.6 Å². The molecule has 0 saturated carbocycles. The van der Waals surface area contributed by atoms with Crippen molar-refractivity contribution in [2.24, 2.45) is 0 Å². The van der Waals surface area contributed by atoms with Gasteiger partial charge in [-0.1, -0.05) is 0 Å². The summed E-state index contributed by atoms with van der Waals surface area (Å²) >= 11 is 0. The quantitative estimate of drug-likeness (QED) is 0.175. The van der Waals surface area contributed by atoms with Crippen molar-refractivity contribution in [3.63, 3.8) is 0 Å². The van der Waals surface area contributed by atoms with Crippen molar-refractivity contribution in [2.45, 2.75) is 58.1 Å². The molecule has 1 saturated heterocycles. The standard InChI is InChI=1S/C20H23NO13/c1-10(22)29-9-16-20(26,34-13(4)25)18(31-12(3)24)17(30-11(2)23)19(33-16)32-15-7-5-14(6-8-15)21(27)28/h5-8,16-19,26H,9H2,1-4H3/t16-,17+,18+,19-,20-/m0/s1. The number of carbonyl (C=O) groups is 4. The van der Waals surface area contributed by atoms with Crippen molar-refractivity contribution in [2.75, 3.05) is 6.61 Å². The molecule has 1 N–H and O–H groups in total. The summed E-state index contributed by atoms with van der Waals surface area (Å²) in [6, 6.07) is 4.71. The van der Waals surface area contributed by atoms with Crippen LogP contribution >= 0.6 is 0 Å². The Morgan fingerprint density at radius 2 is 1.59 bits per heavy atom. The Hall–Kier alpha value is -3.78. The topological polar surface area (TPSA) is 187 Å². The summed E-state index contributed by atoms with van der Waals surface area (Å²) < 4.78 is 31.5. The first-order valence-corrected chi connectivity index (χ1v) is 9.79. The second-order valence-corrected chi connectivity index (χ2v) is 7.11. The van der Waals surface area contributed by atoms with Gasteiger partial charge in [0.05, 0.1) is 4.92 Å². The summed E-state index contributed by atoms with van der Waals surface area (Å²) in [4.78, 5) is 56.9. The molecule has 5 atom stereocenters. The van der Waals surface area contributed by atoms with Gasteiger partial charge in [0, 0.05) is 39.8 Å². The van der Waals surface area contributed by atoms with Crippen molar-refractivity contribution in [3.8, 4) is 5.75 Å². The molecule has 0 spiro atoms. The average molecular weight is 485 g/mol. The molecule has 2 rings (SSSR count). The van der Waals surface area contributed by atoms with Crippen LogP contribution in [-0.4, -0.2) is 70.9 Å². The van der Waals surface area contributed by atoms with Crippen LogP contribution in [0.5, 0.6) is 5.75 Å². The predicted molar refractivity (Wildman–Crippen MR) is 107 cm³/mol. The molecule has 1 aromatic carbocycles. The van der Waals surface area contributed by atoms with Gasteiger partial charge >= 0.3 is 23.9 Å². The maximum Gasteiger partial charge on any atom is 0.305 e. The van der Waals surface area contributed by atoms with Crippen molar-refractivity contribution in [1.82, 2.24) is 0 Å². The molecule has 1 aromatic rings. The van der Waals surface area contributed by atoms with Gasteiger partial charge in [-0.15, -0.1) is 0 Å². The molecule has 0 unspecified atom stereocenters. The van der Waals surface area contributed by atoms with E-state index in [0.29, 0.717) is 0 Å². The zero-order valence-corrected chi connectivity index (χ0v) is 18.6. The first-order chi connectivity index (χ1) is 15.8. The number of hydrogen-bond donors (Lipinski definition) is 1. The summed E-state index contributed by atoms with van der Waals surface area (Å²) in [5, 5.41) is 22.1. The zero-order chi connectivity index (χ0) is 25.6. The molecule has 0 amide bonds. The molecule has 0 bridgehead atoms.